The molecule has 0 radical (unpaired) electrons. The van der Waals surface area contributed by atoms with E-state index in [0.29, 0.717) is 5.41 Å². The Labute approximate surface area is 112 Å². The first-order valence-corrected chi connectivity index (χ1v) is 7.20. The standard InChI is InChI=1S/C14H19BrN2/c1-11-8-12(2-3-13(11)15)17-9-14(10-17)4-6-16-7-5-14/h2-3,8,16H,4-7,9-10H2,1H3. The van der Waals surface area contributed by atoms with Crippen molar-refractivity contribution < 1.29 is 0 Å². The van der Waals surface area contributed by atoms with Gasteiger partial charge in [0.2, 0.25) is 0 Å². The van der Waals surface area contributed by atoms with Crippen LogP contribution in [-0.2, 0) is 0 Å². The quantitative estimate of drug-likeness (QED) is 0.857. The fraction of sp³-hybridized carbons (Fsp3) is 0.571. The van der Waals surface area contributed by atoms with Crippen LogP contribution in [0.25, 0.3) is 0 Å². The molecule has 1 N–H and O–H groups in total. The number of anilines is 1. The van der Waals surface area contributed by atoms with Crippen molar-refractivity contribution in [3.8, 4) is 0 Å². The zero-order valence-electron chi connectivity index (χ0n) is 10.3. The van der Waals surface area contributed by atoms with Crippen molar-refractivity contribution >= 4 is 21.6 Å². The minimum absolute atomic E-state index is 0.617. The van der Waals surface area contributed by atoms with Crippen LogP contribution >= 0.6 is 15.9 Å². The van der Waals surface area contributed by atoms with E-state index < -0.39 is 0 Å². The summed E-state index contributed by atoms with van der Waals surface area (Å²) in [6.07, 6.45) is 2.69. The molecule has 0 aliphatic carbocycles. The van der Waals surface area contributed by atoms with E-state index >= 15 is 0 Å². The Morgan fingerprint density at radius 1 is 1.24 bits per heavy atom. The van der Waals surface area contributed by atoms with Gasteiger partial charge in [-0.25, -0.2) is 0 Å². The fourth-order valence-electron chi connectivity index (χ4n) is 3.04. The first-order chi connectivity index (χ1) is 8.19. The Kier molecular flexibility index (Phi) is 2.91. The van der Waals surface area contributed by atoms with Crippen molar-refractivity contribution in [2.75, 3.05) is 31.1 Å². The number of aryl methyl sites for hydroxylation is 1. The second-order valence-corrected chi connectivity index (χ2v) is 6.39. The molecule has 0 unspecified atom stereocenters. The van der Waals surface area contributed by atoms with E-state index in [1.165, 1.54) is 54.7 Å². The van der Waals surface area contributed by atoms with Crippen LogP contribution in [-0.4, -0.2) is 26.2 Å². The molecule has 2 aliphatic rings. The summed E-state index contributed by atoms with van der Waals surface area (Å²) in [6.45, 7) is 7.06. The molecule has 17 heavy (non-hydrogen) atoms. The molecule has 2 aliphatic heterocycles. The molecule has 3 rings (SSSR count). The van der Waals surface area contributed by atoms with Crippen molar-refractivity contribution in [3.63, 3.8) is 0 Å². The van der Waals surface area contributed by atoms with Crippen molar-refractivity contribution in [2.24, 2.45) is 5.41 Å². The molecule has 1 aromatic rings. The predicted molar refractivity (Wildman–Crippen MR) is 75.6 cm³/mol. The number of piperidine rings is 1. The number of hydrogen-bond acceptors (Lipinski definition) is 2. The van der Waals surface area contributed by atoms with E-state index in [1.807, 2.05) is 0 Å². The van der Waals surface area contributed by atoms with Crippen LogP contribution in [0.3, 0.4) is 0 Å². The minimum atomic E-state index is 0.617. The second kappa shape index (κ2) is 4.29. The average molecular weight is 295 g/mol. The number of halogens is 1. The molecule has 0 saturated carbocycles. The molecule has 1 aromatic carbocycles. The van der Waals surface area contributed by atoms with Gasteiger partial charge >= 0.3 is 0 Å². The molecule has 0 bridgehead atoms. The summed E-state index contributed by atoms with van der Waals surface area (Å²) in [4.78, 5) is 2.52. The summed E-state index contributed by atoms with van der Waals surface area (Å²) in [5.74, 6) is 0. The normalized spacial score (nSPS) is 22.6. The summed E-state index contributed by atoms with van der Waals surface area (Å²) < 4.78 is 1.21. The van der Waals surface area contributed by atoms with Gasteiger partial charge in [0.05, 0.1) is 0 Å². The Morgan fingerprint density at radius 3 is 2.59 bits per heavy atom. The molecule has 2 nitrogen and oxygen atoms in total. The Bertz CT molecular complexity index is 416. The third-order valence-corrected chi connectivity index (χ3v) is 5.11. The van der Waals surface area contributed by atoms with Gasteiger partial charge in [0.1, 0.15) is 0 Å². The molecule has 2 heterocycles. The number of nitrogens with zero attached hydrogens (tertiary/aromatic N) is 1. The van der Waals surface area contributed by atoms with Crippen LogP contribution in [0.15, 0.2) is 22.7 Å². The van der Waals surface area contributed by atoms with E-state index in [0.717, 1.165) is 0 Å². The highest BCUT2D eigenvalue weighted by Crippen LogP contribution is 2.41. The monoisotopic (exact) mass is 294 g/mol. The third-order valence-electron chi connectivity index (χ3n) is 4.22. The average Bonchev–Trinajstić information content (AvgIpc) is 2.31. The van der Waals surface area contributed by atoms with E-state index in [1.54, 1.807) is 0 Å². The summed E-state index contributed by atoms with van der Waals surface area (Å²) in [7, 11) is 0. The molecular formula is C14H19BrN2. The van der Waals surface area contributed by atoms with Gasteiger partial charge in [-0.1, -0.05) is 15.9 Å². The molecule has 3 heteroatoms. The Morgan fingerprint density at radius 2 is 1.94 bits per heavy atom. The van der Waals surface area contributed by atoms with Gasteiger partial charge in [-0.05, 0) is 56.6 Å². The SMILES string of the molecule is Cc1cc(N2CC3(CCNCC3)C2)ccc1Br. The van der Waals surface area contributed by atoms with Crippen LogP contribution in [0.4, 0.5) is 5.69 Å². The highest BCUT2D eigenvalue weighted by molar-refractivity contribution is 9.10. The van der Waals surface area contributed by atoms with Crippen molar-refractivity contribution in [1.29, 1.82) is 0 Å². The van der Waals surface area contributed by atoms with Crippen molar-refractivity contribution in [2.45, 2.75) is 19.8 Å². The summed E-state index contributed by atoms with van der Waals surface area (Å²) in [5, 5.41) is 3.45. The lowest BCUT2D eigenvalue weighted by atomic mass is 9.72. The molecule has 1 spiro atoms. The molecule has 0 aromatic heterocycles. The second-order valence-electron chi connectivity index (χ2n) is 5.54. The van der Waals surface area contributed by atoms with Gasteiger partial charge in [0.25, 0.3) is 0 Å². The van der Waals surface area contributed by atoms with E-state index in [4.69, 9.17) is 0 Å². The zero-order valence-corrected chi connectivity index (χ0v) is 11.9. The zero-order chi connectivity index (χ0) is 11.9. The summed E-state index contributed by atoms with van der Waals surface area (Å²) in [6, 6.07) is 6.68. The molecule has 0 atom stereocenters. The molecule has 92 valence electrons. The number of rotatable bonds is 1. The first kappa shape index (κ1) is 11.5. The molecule has 2 fully saturated rings. The first-order valence-electron chi connectivity index (χ1n) is 6.40. The van der Waals surface area contributed by atoms with Crippen molar-refractivity contribution in [1.82, 2.24) is 5.32 Å². The van der Waals surface area contributed by atoms with Gasteiger partial charge in [0.15, 0.2) is 0 Å². The number of nitrogens with one attached hydrogen (secondary N) is 1. The lowest BCUT2D eigenvalue weighted by molar-refractivity contribution is 0.150. The van der Waals surface area contributed by atoms with Crippen molar-refractivity contribution in [3.05, 3.63) is 28.2 Å². The molecule has 0 amide bonds. The van der Waals surface area contributed by atoms with Gasteiger partial charge in [-0.15, -0.1) is 0 Å². The van der Waals surface area contributed by atoms with Gasteiger partial charge < -0.3 is 10.2 Å². The van der Waals surface area contributed by atoms with Crippen LogP contribution < -0.4 is 10.2 Å². The largest absolute Gasteiger partial charge is 0.370 e. The summed E-state index contributed by atoms with van der Waals surface area (Å²) >= 11 is 3.56. The van der Waals surface area contributed by atoms with E-state index in [-0.39, 0.29) is 0 Å². The topological polar surface area (TPSA) is 15.3 Å². The lowest BCUT2D eigenvalue weighted by Gasteiger charge is -2.53. The predicted octanol–water partition coefficient (Wildman–Crippen LogP) is 2.95. The maximum absolute atomic E-state index is 3.56. The highest BCUT2D eigenvalue weighted by atomic mass is 79.9. The third kappa shape index (κ3) is 2.11. The van der Waals surface area contributed by atoms with Gasteiger partial charge in [0, 0.05) is 28.7 Å². The van der Waals surface area contributed by atoms with E-state index in [9.17, 15) is 0 Å². The Balaban J connectivity index is 1.70. The minimum Gasteiger partial charge on any atom is -0.370 e. The van der Waals surface area contributed by atoms with Crippen LogP contribution in [0, 0.1) is 12.3 Å². The maximum Gasteiger partial charge on any atom is 0.0370 e. The van der Waals surface area contributed by atoms with Crippen LogP contribution in [0.2, 0.25) is 0 Å². The number of benzene rings is 1. The molecular weight excluding hydrogens is 276 g/mol. The highest BCUT2D eigenvalue weighted by Gasteiger charge is 2.43. The van der Waals surface area contributed by atoms with Gasteiger partial charge in [-0.3, -0.25) is 0 Å². The Hall–Kier alpha value is -0.540. The smallest absolute Gasteiger partial charge is 0.0370 e. The molecule has 2 saturated heterocycles. The van der Waals surface area contributed by atoms with Gasteiger partial charge in [-0.2, -0.15) is 0 Å². The maximum atomic E-state index is 3.56. The number of hydrogen-bond donors (Lipinski definition) is 1. The summed E-state index contributed by atoms with van der Waals surface area (Å²) in [5.41, 5.74) is 3.33. The fourth-order valence-corrected chi connectivity index (χ4v) is 3.29. The van der Waals surface area contributed by atoms with Crippen LogP contribution in [0.5, 0.6) is 0 Å². The lowest BCUT2D eigenvalue weighted by Crippen LogP contribution is -2.60. The van der Waals surface area contributed by atoms with Crippen LogP contribution in [0.1, 0.15) is 18.4 Å². The van der Waals surface area contributed by atoms with E-state index in [2.05, 4.69) is 51.3 Å².